The molecule has 94 valence electrons. The van der Waals surface area contributed by atoms with Crippen molar-refractivity contribution in [3.63, 3.8) is 0 Å². The average molecular weight is 273 g/mol. The lowest BCUT2D eigenvalue weighted by molar-refractivity contribution is -0.129. The van der Waals surface area contributed by atoms with Crippen molar-refractivity contribution in [2.45, 2.75) is 0 Å². The molecule has 1 aromatic carbocycles. The van der Waals surface area contributed by atoms with Crippen LogP contribution in [0.1, 0.15) is 11.1 Å². The van der Waals surface area contributed by atoms with E-state index >= 15 is 0 Å². The molecule has 19 heavy (non-hydrogen) atoms. The minimum Gasteiger partial charge on any atom is -0.402 e. The highest BCUT2D eigenvalue weighted by atomic mass is 32.1. The van der Waals surface area contributed by atoms with Crippen LogP contribution in [0.3, 0.4) is 0 Å². The topological polar surface area (TPSA) is 38.7 Å². The van der Waals surface area contributed by atoms with E-state index < -0.39 is 11.8 Å². The molecule has 0 N–H and O–H groups in total. The van der Waals surface area contributed by atoms with Crippen LogP contribution >= 0.6 is 11.3 Å². The van der Waals surface area contributed by atoms with Gasteiger partial charge in [0.05, 0.1) is 5.56 Å². The number of aliphatic imine (C=N–C) groups is 1. The summed E-state index contributed by atoms with van der Waals surface area (Å²) in [5.74, 6) is -1.03. The normalized spacial score (nSPS) is 16.6. The van der Waals surface area contributed by atoms with E-state index in [9.17, 15) is 9.18 Å². The number of benzene rings is 1. The van der Waals surface area contributed by atoms with E-state index in [0.29, 0.717) is 0 Å². The van der Waals surface area contributed by atoms with Crippen molar-refractivity contribution < 1.29 is 13.9 Å². The second kappa shape index (κ2) is 4.78. The monoisotopic (exact) mass is 273 g/mol. The first-order chi connectivity index (χ1) is 9.24. The molecule has 0 amide bonds. The summed E-state index contributed by atoms with van der Waals surface area (Å²) >= 11 is 1.52. The fraction of sp³-hybridized carbons (Fsp3) is 0. The van der Waals surface area contributed by atoms with E-state index in [1.165, 1.54) is 23.5 Å². The molecule has 0 fully saturated rings. The molecule has 1 aliphatic heterocycles. The van der Waals surface area contributed by atoms with Gasteiger partial charge in [-0.15, -0.1) is 0 Å². The zero-order valence-electron chi connectivity index (χ0n) is 9.67. The molecule has 1 aromatic heterocycles. The van der Waals surface area contributed by atoms with Gasteiger partial charge in [0.15, 0.2) is 5.70 Å². The molecule has 0 radical (unpaired) electrons. The summed E-state index contributed by atoms with van der Waals surface area (Å²) in [6, 6.07) is 7.91. The Balaban J connectivity index is 1.98. The van der Waals surface area contributed by atoms with Gasteiger partial charge in [-0.05, 0) is 40.6 Å². The van der Waals surface area contributed by atoms with E-state index in [1.807, 2.05) is 16.8 Å². The summed E-state index contributed by atoms with van der Waals surface area (Å²) in [5, 5.41) is 3.78. The van der Waals surface area contributed by atoms with Gasteiger partial charge in [0.1, 0.15) is 5.82 Å². The molecular weight excluding hydrogens is 265 g/mol. The Morgan fingerprint density at radius 2 is 2.11 bits per heavy atom. The first-order valence-corrected chi connectivity index (χ1v) is 6.48. The molecule has 0 bridgehead atoms. The first kappa shape index (κ1) is 11.8. The average Bonchev–Trinajstić information content (AvgIpc) is 3.02. The van der Waals surface area contributed by atoms with Crippen LogP contribution in [0.5, 0.6) is 0 Å². The molecule has 3 rings (SSSR count). The Morgan fingerprint density at radius 1 is 1.26 bits per heavy atom. The smallest absolute Gasteiger partial charge is 0.363 e. The quantitative estimate of drug-likeness (QED) is 0.622. The molecule has 0 atom stereocenters. The minimum atomic E-state index is -0.565. The SMILES string of the molecule is O=C1OC(c2ccccc2F)=NC1=Cc1ccsc1. The van der Waals surface area contributed by atoms with Crippen molar-refractivity contribution in [1.82, 2.24) is 0 Å². The molecule has 3 nitrogen and oxygen atoms in total. The Kier molecular flexibility index (Phi) is 2.97. The molecule has 1 aliphatic rings. The second-order valence-electron chi connectivity index (χ2n) is 3.87. The van der Waals surface area contributed by atoms with Crippen molar-refractivity contribution in [3.8, 4) is 0 Å². The lowest BCUT2D eigenvalue weighted by atomic mass is 10.2. The van der Waals surface area contributed by atoms with Crippen LogP contribution in [-0.2, 0) is 9.53 Å². The summed E-state index contributed by atoms with van der Waals surface area (Å²) in [4.78, 5) is 15.7. The molecule has 0 aliphatic carbocycles. The lowest BCUT2D eigenvalue weighted by Crippen LogP contribution is -2.07. The Labute approximate surface area is 112 Å². The van der Waals surface area contributed by atoms with Gasteiger partial charge in [-0.3, -0.25) is 0 Å². The van der Waals surface area contributed by atoms with Gasteiger partial charge in [-0.25, -0.2) is 14.2 Å². The van der Waals surface area contributed by atoms with Crippen LogP contribution in [-0.4, -0.2) is 11.9 Å². The molecule has 0 unspecified atom stereocenters. The van der Waals surface area contributed by atoms with Crippen LogP contribution in [0.25, 0.3) is 6.08 Å². The maximum absolute atomic E-state index is 13.6. The van der Waals surface area contributed by atoms with Crippen LogP contribution in [0.15, 0.2) is 51.8 Å². The fourth-order valence-electron chi connectivity index (χ4n) is 1.67. The largest absolute Gasteiger partial charge is 0.402 e. The fourth-order valence-corrected chi connectivity index (χ4v) is 2.29. The number of cyclic esters (lactones) is 1. The lowest BCUT2D eigenvalue weighted by Gasteiger charge is -1.99. The number of hydrogen-bond donors (Lipinski definition) is 0. The number of thiophene rings is 1. The summed E-state index contributed by atoms with van der Waals surface area (Å²) in [7, 11) is 0. The standard InChI is InChI=1S/C14H8FNO2S/c15-11-4-2-1-3-10(11)13-16-12(14(17)18-13)7-9-5-6-19-8-9/h1-8H. The highest BCUT2D eigenvalue weighted by Gasteiger charge is 2.25. The molecule has 0 saturated carbocycles. The number of halogens is 1. The Hall–Kier alpha value is -2.27. The van der Waals surface area contributed by atoms with Gasteiger partial charge in [0.2, 0.25) is 5.90 Å². The number of carbonyl (C=O) groups is 1. The number of ether oxygens (including phenoxy) is 1. The van der Waals surface area contributed by atoms with Crippen LogP contribution in [0, 0.1) is 5.82 Å². The van der Waals surface area contributed by atoms with Crippen LogP contribution < -0.4 is 0 Å². The zero-order chi connectivity index (χ0) is 13.2. The van der Waals surface area contributed by atoms with Gasteiger partial charge < -0.3 is 4.74 Å². The molecule has 2 aromatic rings. The molecule has 2 heterocycles. The van der Waals surface area contributed by atoms with Gasteiger partial charge in [-0.1, -0.05) is 12.1 Å². The first-order valence-electron chi connectivity index (χ1n) is 5.54. The third-order valence-corrected chi connectivity index (χ3v) is 3.27. The van der Waals surface area contributed by atoms with Crippen molar-refractivity contribution in [2.75, 3.05) is 0 Å². The number of nitrogens with zero attached hydrogens (tertiary/aromatic N) is 1. The predicted octanol–water partition coefficient (Wildman–Crippen LogP) is 3.23. The van der Waals surface area contributed by atoms with E-state index in [1.54, 1.807) is 18.2 Å². The summed E-state index contributed by atoms with van der Waals surface area (Å²) in [5.41, 5.74) is 1.23. The summed E-state index contributed by atoms with van der Waals surface area (Å²) in [6.45, 7) is 0. The Morgan fingerprint density at radius 3 is 2.84 bits per heavy atom. The molecule has 0 saturated heterocycles. The number of hydrogen-bond acceptors (Lipinski definition) is 4. The third kappa shape index (κ3) is 2.32. The highest BCUT2D eigenvalue weighted by Crippen LogP contribution is 2.21. The second-order valence-corrected chi connectivity index (χ2v) is 4.65. The zero-order valence-corrected chi connectivity index (χ0v) is 10.5. The van der Waals surface area contributed by atoms with Crippen molar-refractivity contribution in [2.24, 2.45) is 4.99 Å². The van der Waals surface area contributed by atoms with Gasteiger partial charge in [0, 0.05) is 0 Å². The van der Waals surface area contributed by atoms with E-state index in [0.717, 1.165) is 5.56 Å². The molecular formula is C14H8FNO2S. The van der Waals surface area contributed by atoms with Crippen molar-refractivity contribution >= 4 is 29.3 Å². The third-order valence-electron chi connectivity index (χ3n) is 2.57. The number of rotatable bonds is 2. The van der Waals surface area contributed by atoms with Gasteiger partial charge in [0.25, 0.3) is 0 Å². The Bertz CT molecular complexity index is 689. The molecule has 0 spiro atoms. The van der Waals surface area contributed by atoms with E-state index in [2.05, 4.69) is 4.99 Å². The highest BCUT2D eigenvalue weighted by molar-refractivity contribution is 7.08. The maximum Gasteiger partial charge on any atom is 0.363 e. The van der Waals surface area contributed by atoms with Crippen molar-refractivity contribution in [1.29, 1.82) is 0 Å². The molecule has 5 heteroatoms. The summed E-state index contributed by atoms with van der Waals surface area (Å²) in [6.07, 6.45) is 1.62. The van der Waals surface area contributed by atoms with Crippen LogP contribution in [0.4, 0.5) is 4.39 Å². The minimum absolute atomic E-state index is 0.00424. The van der Waals surface area contributed by atoms with Crippen molar-refractivity contribution in [3.05, 3.63) is 63.7 Å². The number of esters is 1. The van der Waals surface area contributed by atoms with Gasteiger partial charge >= 0.3 is 5.97 Å². The summed E-state index contributed by atoms with van der Waals surface area (Å²) < 4.78 is 18.6. The number of carbonyl (C=O) groups excluding carboxylic acids is 1. The van der Waals surface area contributed by atoms with E-state index in [4.69, 9.17) is 4.74 Å². The predicted molar refractivity (Wildman–Crippen MR) is 71.3 cm³/mol. The van der Waals surface area contributed by atoms with Gasteiger partial charge in [-0.2, -0.15) is 11.3 Å². The maximum atomic E-state index is 13.6. The van der Waals surface area contributed by atoms with Crippen LogP contribution in [0.2, 0.25) is 0 Å². The van der Waals surface area contributed by atoms with E-state index in [-0.39, 0.29) is 17.2 Å².